The van der Waals surface area contributed by atoms with Crippen LogP contribution in [0.2, 0.25) is 0 Å². The number of carbonyl (C=O) groups is 1. The first-order chi connectivity index (χ1) is 8.65. The second-order valence-electron chi connectivity index (χ2n) is 4.57. The summed E-state index contributed by atoms with van der Waals surface area (Å²) in [6.45, 7) is 4.30. The van der Waals surface area contributed by atoms with Crippen molar-refractivity contribution in [3.63, 3.8) is 0 Å². The van der Waals surface area contributed by atoms with Gasteiger partial charge in [0.2, 0.25) is 0 Å². The van der Waals surface area contributed by atoms with E-state index in [0.29, 0.717) is 29.4 Å². The predicted molar refractivity (Wildman–Crippen MR) is 66.5 cm³/mol. The minimum atomic E-state index is -0.324. The van der Waals surface area contributed by atoms with Gasteiger partial charge in [-0.25, -0.2) is 4.79 Å². The molecule has 0 aromatic heterocycles. The molecular formula is C14H18O4. The third-order valence-corrected chi connectivity index (χ3v) is 3.07. The van der Waals surface area contributed by atoms with Gasteiger partial charge in [-0.2, -0.15) is 0 Å². The molecule has 2 atom stereocenters. The maximum atomic E-state index is 11.9. The Balaban J connectivity index is 2.12. The third kappa shape index (κ3) is 2.82. The summed E-state index contributed by atoms with van der Waals surface area (Å²) < 4.78 is 10.7. The Morgan fingerprint density at radius 2 is 2.22 bits per heavy atom. The molecule has 0 amide bonds. The number of aliphatic hydroxyl groups excluding tert-OH is 1. The first-order valence-electron chi connectivity index (χ1n) is 6.23. The van der Waals surface area contributed by atoms with Crippen LogP contribution in [0, 0.1) is 5.92 Å². The van der Waals surface area contributed by atoms with E-state index >= 15 is 0 Å². The first-order valence-corrected chi connectivity index (χ1v) is 6.23. The van der Waals surface area contributed by atoms with Crippen LogP contribution < -0.4 is 4.74 Å². The molecule has 0 heterocycles. The summed E-state index contributed by atoms with van der Waals surface area (Å²) in [5, 5.41) is 9.17. The van der Waals surface area contributed by atoms with Crippen LogP contribution in [0.3, 0.4) is 0 Å². The molecule has 1 saturated carbocycles. The number of rotatable bonds is 5. The van der Waals surface area contributed by atoms with Crippen LogP contribution in [0.4, 0.5) is 0 Å². The zero-order chi connectivity index (χ0) is 13.1. The summed E-state index contributed by atoms with van der Waals surface area (Å²) >= 11 is 0. The molecule has 0 spiro atoms. The van der Waals surface area contributed by atoms with Gasteiger partial charge in [0, 0.05) is 5.56 Å². The molecule has 2 unspecified atom stereocenters. The monoisotopic (exact) mass is 250 g/mol. The van der Waals surface area contributed by atoms with Crippen molar-refractivity contribution >= 4 is 5.97 Å². The SMILES string of the molecule is CCOc1cc(C(=O)OC2CC2C)ccc1CO. The lowest BCUT2D eigenvalue weighted by atomic mass is 10.1. The van der Waals surface area contributed by atoms with E-state index in [1.807, 2.05) is 6.92 Å². The molecule has 1 aromatic carbocycles. The number of ether oxygens (including phenoxy) is 2. The molecule has 1 N–H and O–H groups in total. The van der Waals surface area contributed by atoms with Gasteiger partial charge in [-0.05, 0) is 31.4 Å². The average molecular weight is 250 g/mol. The molecular weight excluding hydrogens is 232 g/mol. The van der Waals surface area contributed by atoms with Crippen molar-refractivity contribution in [3.05, 3.63) is 29.3 Å². The largest absolute Gasteiger partial charge is 0.493 e. The molecule has 98 valence electrons. The fraction of sp³-hybridized carbons (Fsp3) is 0.500. The van der Waals surface area contributed by atoms with Gasteiger partial charge in [0.1, 0.15) is 11.9 Å². The fourth-order valence-electron chi connectivity index (χ4n) is 1.76. The lowest BCUT2D eigenvalue weighted by Gasteiger charge is -2.10. The van der Waals surface area contributed by atoms with Gasteiger partial charge in [-0.3, -0.25) is 0 Å². The molecule has 0 aliphatic heterocycles. The van der Waals surface area contributed by atoms with E-state index in [1.165, 1.54) is 0 Å². The van der Waals surface area contributed by atoms with Crippen molar-refractivity contribution in [2.24, 2.45) is 5.92 Å². The number of hydrogen-bond acceptors (Lipinski definition) is 4. The number of hydrogen-bond donors (Lipinski definition) is 1. The van der Waals surface area contributed by atoms with Gasteiger partial charge in [-0.15, -0.1) is 0 Å². The number of esters is 1. The van der Waals surface area contributed by atoms with E-state index in [2.05, 4.69) is 6.92 Å². The highest BCUT2D eigenvalue weighted by atomic mass is 16.5. The van der Waals surface area contributed by atoms with E-state index in [1.54, 1.807) is 18.2 Å². The molecule has 0 saturated heterocycles. The third-order valence-electron chi connectivity index (χ3n) is 3.07. The first kappa shape index (κ1) is 12.9. The molecule has 1 fully saturated rings. The Labute approximate surface area is 107 Å². The highest BCUT2D eigenvalue weighted by molar-refractivity contribution is 5.90. The molecule has 2 rings (SSSR count). The summed E-state index contributed by atoms with van der Waals surface area (Å²) in [5.41, 5.74) is 1.14. The lowest BCUT2D eigenvalue weighted by Crippen LogP contribution is -2.09. The van der Waals surface area contributed by atoms with E-state index in [0.717, 1.165) is 6.42 Å². The zero-order valence-electron chi connectivity index (χ0n) is 10.7. The van der Waals surface area contributed by atoms with Crippen LogP contribution in [0.1, 0.15) is 36.2 Å². The topological polar surface area (TPSA) is 55.8 Å². The molecule has 4 heteroatoms. The van der Waals surface area contributed by atoms with Gasteiger partial charge in [-0.1, -0.05) is 13.0 Å². The number of aliphatic hydroxyl groups is 1. The molecule has 0 radical (unpaired) electrons. The molecule has 4 nitrogen and oxygen atoms in total. The quantitative estimate of drug-likeness (QED) is 0.813. The summed E-state index contributed by atoms with van der Waals surface area (Å²) in [7, 11) is 0. The Kier molecular flexibility index (Phi) is 3.87. The Morgan fingerprint density at radius 3 is 2.78 bits per heavy atom. The van der Waals surface area contributed by atoms with Gasteiger partial charge in [0.05, 0.1) is 18.8 Å². The highest BCUT2D eigenvalue weighted by Crippen LogP contribution is 2.33. The van der Waals surface area contributed by atoms with Gasteiger partial charge in [0.25, 0.3) is 0 Å². The van der Waals surface area contributed by atoms with Crippen molar-refractivity contribution in [3.8, 4) is 5.75 Å². The molecule has 1 aromatic rings. The Hall–Kier alpha value is -1.55. The zero-order valence-corrected chi connectivity index (χ0v) is 10.7. The smallest absolute Gasteiger partial charge is 0.338 e. The van der Waals surface area contributed by atoms with Crippen molar-refractivity contribution < 1.29 is 19.4 Å². The normalized spacial score (nSPS) is 21.5. The second-order valence-corrected chi connectivity index (χ2v) is 4.57. The number of benzene rings is 1. The Bertz CT molecular complexity index is 441. The van der Waals surface area contributed by atoms with E-state index < -0.39 is 0 Å². The minimum absolute atomic E-state index is 0.0607. The van der Waals surface area contributed by atoms with Crippen LogP contribution in [0.5, 0.6) is 5.75 Å². The predicted octanol–water partition coefficient (Wildman–Crippen LogP) is 2.14. The van der Waals surface area contributed by atoms with Crippen molar-refractivity contribution in [1.29, 1.82) is 0 Å². The van der Waals surface area contributed by atoms with Gasteiger partial charge in [0.15, 0.2) is 0 Å². The minimum Gasteiger partial charge on any atom is -0.493 e. The fourth-order valence-corrected chi connectivity index (χ4v) is 1.76. The maximum Gasteiger partial charge on any atom is 0.338 e. The summed E-state index contributed by atoms with van der Waals surface area (Å²) in [4.78, 5) is 11.9. The van der Waals surface area contributed by atoms with Crippen molar-refractivity contribution in [2.45, 2.75) is 33.0 Å². The maximum absolute atomic E-state index is 11.9. The lowest BCUT2D eigenvalue weighted by molar-refractivity contribution is 0.0453. The molecule has 0 bridgehead atoms. The van der Waals surface area contributed by atoms with E-state index in [4.69, 9.17) is 14.6 Å². The van der Waals surface area contributed by atoms with Crippen molar-refractivity contribution in [2.75, 3.05) is 6.61 Å². The van der Waals surface area contributed by atoms with Crippen LogP contribution in [0.25, 0.3) is 0 Å². The van der Waals surface area contributed by atoms with Crippen LogP contribution >= 0.6 is 0 Å². The summed E-state index contributed by atoms with van der Waals surface area (Å²) in [6.07, 6.45) is 1.00. The summed E-state index contributed by atoms with van der Waals surface area (Å²) in [6, 6.07) is 4.98. The average Bonchev–Trinajstić information content (AvgIpc) is 3.05. The molecule has 1 aliphatic carbocycles. The Morgan fingerprint density at radius 1 is 1.50 bits per heavy atom. The van der Waals surface area contributed by atoms with E-state index in [9.17, 15) is 4.79 Å². The molecule has 1 aliphatic rings. The van der Waals surface area contributed by atoms with Gasteiger partial charge < -0.3 is 14.6 Å². The van der Waals surface area contributed by atoms with Crippen molar-refractivity contribution in [1.82, 2.24) is 0 Å². The summed E-state index contributed by atoms with van der Waals surface area (Å²) in [5.74, 6) is 0.685. The van der Waals surface area contributed by atoms with Crippen LogP contribution in [-0.2, 0) is 11.3 Å². The second kappa shape index (κ2) is 5.40. The van der Waals surface area contributed by atoms with Crippen LogP contribution in [-0.4, -0.2) is 23.8 Å². The highest BCUT2D eigenvalue weighted by Gasteiger charge is 2.36. The van der Waals surface area contributed by atoms with Crippen LogP contribution in [0.15, 0.2) is 18.2 Å². The molecule has 18 heavy (non-hydrogen) atoms. The van der Waals surface area contributed by atoms with Gasteiger partial charge >= 0.3 is 5.97 Å². The van der Waals surface area contributed by atoms with E-state index in [-0.39, 0.29) is 18.7 Å². The standard InChI is InChI=1S/C14H18O4/c1-3-17-13-7-10(4-5-11(13)8-15)14(16)18-12-6-9(12)2/h4-5,7,9,12,15H,3,6,8H2,1-2H3. The number of carbonyl (C=O) groups excluding carboxylic acids is 1.